The van der Waals surface area contributed by atoms with Crippen molar-refractivity contribution in [3.05, 3.63) is 25.5 Å². The van der Waals surface area contributed by atoms with Crippen LogP contribution in [0, 0.1) is 56.3 Å². The fourth-order valence-electron chi connectivity index (χ4n) is 2.69. The molecule has 0 saturated heterocycles. The van der Waals surface area contributed by atoms with E-state index < -0.39 is 0 Å². The van der Waals surface area contributed by atoms with Gasteiger partial charge >= 0.3 is 31.1 Å². The molecule has 0 spiro atoms. The number of rotatable bonds is 7. The molecule has 1 N–H and O–H groups in total. The quantitative estimate of drug-likeness (QED) is 0.385. The smallest absolute Gasteiger partial charge is 0.350 e. The molecule has 0 bridgehead atoms. The topological polar surface area (TPSA) is 29.1 Å². The minimum absolute atomic E-state index is 0. The van der Waals surface area contributed by atoms with Gasteiger partial charge in [-0.05, 0) is 38.0 Å². The minimum Gasteiger partial charge on any atom is -0.350 e. The van der Waals surface area contributed by atoms with Crippen LogP contribution in [0.4, 0.5) is 0 Å². The van der Waals surface area contributed by atoms with Crippen LogP contribution in [0.5, 0.6) is 0 Å². The molecule has 0 aromatic heterocycles. The van der Waals surface area contributed by atoms with Crippen molar-refractivity contribution < 1.29 is 35.9 Å². The average molecular weight is 517 g/mol. The van der Waals surface area contributed by atoms with E-state index in [1.54, 1.807) is 6.92 Å². The third-order valence-electron chi connectivity index (χ3n) is 4.45. The van der Waals surface area contributed by atoms with Gasteiger partial charge in [0.15, 0.2) is 0 Å². The normalized spacial score (nSPS) is 25.1. The number of nitrogens with one attached hydrogen (secondary N) is 1. The van der Waals surface area contributed by atoms with Gasteiger partial charge in [0.25, 0.3) is 0 Å². The van der Waals surface area contributed by atoms with Crippen LogP contribution in [-0.4, -0.2) is 11.9 Å². The molecule has 1 amide bonds. The summed E-state index contributed by atoms with van der Waals surface area (Å²) in [5.74, 6) is 0.882. The van der Waals surface area contributed by atoms with Crippen molar-refractivity contribution in [1.29, 1.82) is 0 Å². The van der Waals surface area contributed by atoms with E-state index in [1.807, 2.05) is 13.0 Å². The maximum atomic E-state index is 12.0. The molecule has 0 aromatic carbocycles. The molecule has 1 rings (SSSR count). The molecule has 0 aliphatic heterocycles. The van der Waals surface area contributed by atoms with Gasteiger partial charge in [0, 0.05) is 11.6 Å². The third-order valence-corrected chi connectivity index (χ3v) is 4.45. The molecule has 0 heterocycles. The second-order valence-corrected chi connectivity index (χ2v) is 5.94. The van der Waals surface area contributed by atoms with Crippen LogP contribution in [0.25, 0.3) is 0 Å². The molecule has 2 nitrogen and oxygen atoms in total. The predicted molar refractivity (Wildman–Crippen MR) is 88.1 cm³/mol. The Bertz CT molecular complexity index is 327. The predicted octanol–water partition coefficient (Wildman–Crippen LogP) is 4.72. The summed E-state index contributed by atoms with van der Waals surface area (Å²) in [5.41, 5.74) is 1.40. The Morgan fingerprint density at radius 2 is 2.05 bits per heavy atom. The molecule has 1 saturated carbocycles. The number of hydrogen-bond acceptors (Lipinski definition) is 1. The summed E-state index contributed by atoms with van der Waals surface area (Å²) in [6, 6.07) is 0.274. The molecule has 3 heteroatoms. The standard InChI is InChI=1S/C16H28NO.C2H5.U/c1-6-9-13(7-2)15(18)17-12(4)10-14-11-16(14,5)8-3;1-2;/h7,12,14H,1,6,8-11H2,2-5H3,(H,17,18);1H2,2H3;/q2*-1;+2/b13-7+;;/t12?,14-,16-;;/m1../s1. The van der Waals surface area contributed by atoms with Crippen LogP contribution in [0.2, 0.25) is 0 Å². The van der Waals surface area contributed by atoms with E-state index in [4.69, 9.17) is 0 Å². The van der Waals surface area contributed by atoms with Crippen LogP contribution < -0.4 is 5.32 Å². The Kier molecular flexibility index (Phi) is 13.2. The van der Waals surface area contributed by atoms with Gasteiger partial charge < -0.3 is 19.2 Å². The summed E-state index contributed by atoms with van der Waals surface area (Å²) >= 11 is 0. The summed E-state index contributed by atoms with van der Waals surface area (Å²) in [5, 5.41) is 3.11. The molecule has 1 fully saturated rings. The monoisotopic (exact) mass is 517 g/mol. The number of carbonyl (C=O) groups is 1. The van der Waals surface area contributed by atoms with Gasteiger partial charge in [-0.2, -0.15) is 13.3 Å². The summed E-state index contributed by atoms with van der Waals surface area (Å²) in [7, 11) is 0. The van der Waals surface area contributed by atoms with E-state index >= 15 is 0 Å². The average Bonchev–Trinajstić information content (AvgIpc) is 3.08. The number of allylic oxidation sites excluding steroid dienone is 1. The van der Waals surface area contributed by atoms with Gasteiger partial charge in [-0.3, -0.25) is 4.79 Å². The van der Waals surface area contributed by atoms with Gasteiger partial charge in [-0.1, -0.05) is 32.8 Å². The van der Waals surface area contributed by atoms with Crippen LogP contribution in [0.1, 0.15) is 66.7 Å². The first-order valence-corrected chi connectivity index (χ1v) is 7.92. The second-order valence-electron chi connectivity index (χ2n) is 5.94. The van der Waals surface area contributed by atoms with Crippen molar-refractivity contribution in [1.82, 2.24) is 5.32 Å². The van der Waals surface area contributed by atoms with Crippen LogP contribution in [-0.2, 0) is 4.79 Å². The van der Waals surface area contributed by atoms with E-state index in [-0.39, 0.29) is 43.1 Å². The largest absolute Gasteiger partial charge is 2.00 e. The van der Waals surface area contributed by atoms with E-state index in [2.05, 4.69) is 39.9 Å². The summed E-state index contributed by atoms with van der Waals surface area (Å²) in [6.07, 6.45) is 7.13. The van der Waals surface area contributed by atoms with Gasteiger partial charge in [0.05, 0.1) is 0 Å². The molecular weight excluding hydrogens is 484 g/mol. The Hall–Kier alpha value is 0.262. The molecule has 1 aliphatic rings. The van der Waals surface area contributed by atoms with E-state index in [0.717, 1.165) is 30.8 Å². The Morgan fingerprint density at radius 1 is 1.48 bits per heavy atom. The number of hydrogen-bond donors (Lipinski definition) is 1. The van der Waals surface area contributed by atoms with Gasteiger partial charge in [0.1, 0.15) is 0 Å². The molecule has 21 heavy (non-hydrogen) atoms. The van der Waals surface area contributed by atoms with Crippen LogP contribution >= 0.6 is 0 Å². The SMILES string of the molecule is [CH2-]C.[CH2-]CC/C(=C\C)C(=O)NC(C)C[C@@H]1C[C@@]1(C)CC.[U+2]. The molecule has 1 unspecified atom stereocenters. The fourth-order valence-corrected chi connectivity index (χ4v) is 2.69. The van der Waals surface area contributed by atoms with Crippen molar-refractivity contribution in [3.63, 3.8) is 0 Å². The second kappa shape index (κ2) is 11.8. The number of amides is 1. The Labute approximate surface area is 156 Å². The first kappa shape index (κ1) is 23.5. The van der Waals surface area contributed by atoms with Crippen molar-refractivity contribution in [3.8, 4) is 0 Å². The Morgan fingerprint density at radius 3 is 2.43 bits per heavy atom. The molecule has 0 radical (unpaired) electrons. The Balaban J connectivity index is 0. The summed E-state index contributed by atoms with van der Waals surface area (Å²) in [6.45, 7) is 17.5. The van der Waals surface area contributed by atoms with Crippen molar-refractivity contribution >= 4 is 5.91 Å². The fraction of sp³-hybridized carbons (Fsp3) is 0.722. The molecule has 3 atom stereocenters. The van der Waals surface area contributed by atoms with E-state index in [1.165, 1.54) is 12.8 Å². The number of carbonyl (C=O) groups excluding carboxylic acids is 1. The third kappa shape index (κ3) is 7.89. The first-order chi connectivity index (χ1) is 9.46. The summed E-state index contributed by atoms with van der Waals surface area (Å²) in [4.78, 5) is 12.0. The zero-order chi connectivity index (χ0) is 15.8. The van der Waals surface area contributed by atoms with Crippen molar-refractivity contribution in [2.24, 2.45) is 11.3 Å². The van der Waals surface area contributed by atoms with E-state index in [0.29, 0.717) is 5.41 Å². The van der Waals surface area contributed by atoms with E-state index in [9.17, 15) is 4.79 Å². The van der Waals surface area contributed by atoms with Gasteiger partial charge in [0.2, 0.25) is 5.91 Å². The molecular formula is C18H33NOU. The minimum atomic E-state index is 0. The van der Waals surface area contributed by atoms with Crippen LogP contribution in [0.3, 0.4) is 0 Å². The van der Waals surface area contributed by atoms with Crippen molar-refractivity contribution in [2.75, 3.05) is 0 Å². The zero-order valence-electron chi connectivity index (χ0n) is 14.6. The maximum Gasteiger partial charge on any atom is 2.00 e. The summed E-state index contributed by atoms with van der Waals surface area (Å²) < 4.78 is 0. The van der Waals surface area contributed by atoms with Crippen molar-refractivity contribution in [2.45, 2.75) is 72.8 Å². The maximum absolute atomic E-state index is 12.0. The first-order valence-electron chi connectivity index (χ1n) is 7.92. The van der Waals surface area contributed by atoms with Gasteiger partial charge in [-0.15, -0.1) is 0 Å². The van der Waals surface area contributed by atoms with Crippen LogP contribution in [0.15, 0.2) is 11.6 Å². The molecule has 120 valence electrons. The van der Waals surface area contributed by atoms with Gasteiger partial charge in [-0.25, -0.2) is 0 Å². The zero-order valence-corrected chi connectivity index (χ0v) is 18.8. The molecule has 0 aromatic rings. The molecule has 1 aliphatic carbocycles.